The molecule has 0 radical (unpaired) electrons. The van der Waals surface area contributed by atoms with Gasteiger partial charge in [-0.15, -0.1) is 0 Å². The Morgan fingerprint density at radius 1 is 1.17 bits per heavy atom. The third kappa shape index (κ3) is 5.23. The summed E-state index contributed by atoms with van der Waals surface area (Å²) in [6.45, 7) is 5.84. The number of H-pyrrole nitrogens is 1. The largest absolute Gasteiger partial charge is 0.465 e. The van der Waals surface area contributed by atoms with E-state index in [1.165, 1.54) is 14.0 Å². The van der Waals surface area contributed by atoms with E-state index >= 15 is 0 Å². The summed E-state index contributed by atoms with van der Waals surface area (Å²) in [5, 5.41) is 2.84. The highest BCUT2D eigenvalue weighted by molar-refractivity contribution is 6.01. The molecule has 0 aliphatic carbocycles. The first-order valence-corrected chi connectivity index (χ1v) is 7.99. The maximum absolute atomic E-state index is 12.0. The zero-order valence-electron chi connectivity index (χ0n) is 14.4. The maximum atomic E-state index is 12.0. The fourth-order valence-electron chi connectivity index (χ4n) is 2.52. The number of ketones is 1. The third-order valence-corrected chi connectivity index (χ3v) is 3.76. The van der Waals surface area contributed by atoms with Crippen LogP contribution in [0.15, 0.2) is 0 Å². The number of esters is 1. The number of methoxy groups -OCH3 is 1. The molecule has 2 N–H and O–H groups in total. The molecule has 0 saturated heterocycles. The van der Waals surface area contributed by atoms with Crippen LogP contribution in [-0.4, -0.2) is 36.3 Å². The zero-order valence-corrected chi connectivity index (χ0v) is 14.4. The van der Waals surface area contributed by atoms with Gasteiger partial charge in [0.05, 0.1) is 24.8 Å². The number of Topliss-reactive ketones (excluding diaryl/α,β-unsaturated/α-hetero) is 1. The second-order valence-corrected chi connectivity index (χ2v) is 5.61. The molecular formula is C17H26N2O4. The molecule has 0 bridgehead atoms. The van der Waals surface area contributed by atoms with Gasteiger partial charge in [0.15, 0.2) is 5.78 Å². The fourth-order valence-corrected chi connectivity index (χ4v) is 2.52. The van der Waals surface area contributed by atoms with E-state index in [0.29, 0.717) is 23.5 Å². The van der Waals surface area contributed by atoms with Crippen molar-refractivity contribution in [2.24, 2.45) is 0 Å². The first kappa shape index (κ1) is 18.9. The van der Waals surface area contributed by atoms with Gasteiger partial charge < -0.3 is 15.0 Å². The molecular weight excluding hydrogens is 296 g/mol. The maximum Gasteiger partial charge on any atom is 0.339 e. The van der Waals surface area contributed by atoms with E-state index < -0.39 is 5.97 Å². The molecule has 1 aromatic heterocycles. The summed E-state index contributed by atoms with van der Waals surface area (Å²) in [6.07, 6.45) is 4.34. The van der Waals surface area contributed by atoms with Gasteiger partial charge >= 0.3 is 5.97 Å². The van der Waals surface area contributed by atoms with E-state index in [1.54, 1.807) is 6.92 Å². The zero-order chi connectivity index (χ0) is 17.4. The van der Waals surface area contributed by atoms with Gasteiger partial charge in [-0.25, -0.2) is 4.79 Å². The number of nitrogens with one attached hydrogen (secondary N) is 2. The molecule has 0 unspecified atom stereocenters. The minimum atomic E-state index is -0.544. The lowest BCUT2D eigenvalue weighted by molar-refractivity contribution is -0.120. The topological polar surface area (TPSA) is 88.3 Å². The van der Waals surface area contributed by atoms with Crippen molar-refractivity contribution in [1.82, 2.24) is 10.3 Å². The highest BCUT2D eigenvalue weighted by Gasteiger charge is 2.24. The minimum Gasteiger partial charge on any atom is -0.465 e. The number of unbranched alkanes of at least 4 members (excludes halogenated alkanes) is 3. The van der Waals surface area contributed by atoms with E-state index in [9.17, 15) is 14.4 Å². The Labute approximate surface area is 137 Å². The Morgan fingerprint density at radius 2 is 1.87 bits per heavy atom. The highest BCUT2D eigenvalue weighted by Crippen LogP contribution is 2.20. The summed E-state index contributed by atoms with van der Waals surface area (Å²) in [5.74, 6) is -0.904. The lowest BCUT2D eigenvalue weighted by Gasteiger charge is -2.06. The molecule has 1 amide bonds. The Hall–Kier alpha value is -2.11. The van der Waals surface area contributed by atoms with Crippen LogP contribution < -0.4 is 5.32 Å². The summed E-state index contributed by atoms with van der Waals surface area (Å²) in [7, 11) is 1.28. The van der Waals surface area contributed by atoms with Crippen molar-refractivity contribution < 1.29 is 19.1 Å². The van der Waals surface area contributed by atoms with Crippen LogP contribution in [0.2, 0.25) is 0 Å². The average Bonchev–Trinajstić information content (AvgIpc) is 2.83. The average molecular weight is 322 g/mol. The summed E-state index contributed by atoms with van der Waals surface area (Å²) in [4.78, 5) is 38.5. The lowest BCUT2D eigenvalue weighted by Crippen LogP contribution is -2.27. The molecule has 0 aliphatic heterocycles. The Morgan fingerprint density at radius 3 is 2.43 bits per heavy atom. The van der Waals surface area contributed by atoms with Crippen molar-refractivity contribution in [2.75, 3.05) is 13.7 Å². The highest BCUT2D eigenvalue weighted by atomic mass is 16.5. The van der Waals surface area contributed by atoms with Crippen molar-refractivity contribution in [2.45, 2.75) is 52.9 Å². The first-order valence-electron chi connectivity index (χ1n) is 7.99. The summed E-state index contributed by atoms with van der Waals surface area (Å²) >= 11 is 0. The van der Waals surface area contributed by atoms with E-state index in [2.05, 4.69) is 17.2 Å². The molecule has 0 fully saturated rings. The second-order valence-electron chi connectivity index (χ2n) is 5.61. The quantitative estimate of drug-likeness (QED) is 0.415. The number of aromatic amines is 1. The van der Waals surface area contributed by atoms with Crippen LogP contribution >= 0.6 is 0 Å². The van der Waals surface area contributed by atoms with Crippen LogP contribution in [0, 0.1) is 6.92 Å². The van der Waals surface area contributed by atoms with Gasteiger partial charge in [-0.3, -0.25) is 9.59 Å². The van der Waals surface area contributed by atoms with E-state index in [4.69, 9.17) is 4.74 Å². The summed E-state index contributed by atoms with van der Waals surface area (Å²) in [6, 6.07) is 0. The molecule has 6 nitrogen and oxygen atoms in total. The monoisotopic (exact) mass is 322 g/mol. The fraction of sp³-hybridized carbons (Fsp3) is 0.588. The van der Waals surface area contributed by atoms with Gasteiger partial charge in [0.2, 0.25) is 5.91 Å². The van der Waals surface area contributed by atoms with Crippen LogP contribution in [-0.2, 0) is 16.0 Å². The molecule has 6 heteroatoms. The predicted molar refractivity (Wildman–Crippen MR) is 87.7 cm³/mol. The van der Waals surface area contributed by atoms with Crippen molar-refractivity contribution in [3.05, 3.63) is 22.5 Å². The van der Waals surface area contributed by atoms with Crippen molar-refractivity contribution >= 4 is 17.7 Å². The second kappa shape index (κ2) is 9.12. The molecule has 1 aromatic rings. The van der Waals surface area contributed by atoms with Gasteiger partial charge in [-0.05, 0) is 18.9 Å². The predicted octanol–water partition coefficient (Wildman–Crippen LogP) is 2.55. The van der Waals surface area contributed by atoms with Crippen LogP contribution in [0.4, 0.5) is 0 Å². The van der Waals surface area contributed by atoms with Gasteiger partial charge in [0.25, 0.3) is 0 Å². The van der Waals surface area contributed by atoms with Crippen LogP contribution in [0.5, 0.6) is 0 Å². The number of hydrogen-bond donors (Lipinski definition) is 2. The molecule has 1 heterocycles. The smallest absolute Gasteiger partial charge is 0.339 e. The Bertz CT molecular complexity index is 575. The molecule has 128 valence electrons. The molecule has 0 spiro atoms. The molecule has 23 heavy (non-hydrogen) atoms. The van der Waals surface area contributed by atoms with E-state index in [0.717, 1.165) is 25.7 Å². The SMILES string of the molecule is CCCCCCNC(=O)Cc1[nH]c(C(C)=O)c(C)c1C(=O)OC. The van der Waals surface area contributed by atoms with Crippen LogP contribution in [0.25, 0.3) is 0 Å². The van der Waals surface area contributed by atoms with Crippen LogP contribution in [0.3, 0.4) is 0 Å². The molecule has 0 atom stereocenters. The van der Waals surface area contributed by atoms with Crippen molar-refractivity contribution in [1.29, 1.82) is 0 Å². The first-order chi connectivity index (χ1) is 10.9. The van der Waals surface area contributed by atoms with Gasteiger partial charge in [-0.1, -0.05) is 26.2 Å². The van der Waals surface area contributed by atoms with Gasteiger partial charge in [0.1, 0.15) is 0 Å². The van der Waals surface area contributed by atoms with E-state index in [-0.39, 0.29) is 23.7 Å². The van der Waals surface area contributed by atoms with Crippen molar-refractivity contribution in [3.63, 3.8) is 0 Å². The van der Waals surface area contributed by atoms with Gasteiger partial charge in [-0.2, -0.15) is 0 Å². The van der Waals surface area contributed by atoms with Crippen LogP contribution in [0.1, 0.15) is 71.6 Å². The number of carbonyl (C=O) groups excluding carboxylic acids is 3. The number of carbonyl (C=O) groups is 3. The molecule has 0 aliphatic rings. The number of hydrogen-bond acceptors (Lipinski definition) is 4. The summed E-state index contributed by atoms with van der Waals surface area (Å²) < 4.78 is 4.76. The minimum absolute atomic E-state index is 0.0202. The number of rotatable bonds is 9. The van der Waals surface area contributed by atoms with E-state index in [1.807, 2.05) is 0 Å². The Kier molecular flexibility index (Phi) is 7.51. The molecule has 0 aromatic carbocycles. The van der Waals surface area contributed by atoms with Gasteiger partial charge in [0, 0.05) is 19.2 Å². The number of aromatic nitrogens is 1. The normalized spacial score (nSPS) is 10.4. The molecule has 1 rings (SSSR count). The van der Waals surface area contributed by atoms with Crippen molar-refractivity contribution in [3.8, 4) is 0 Å². The third-order valence-electron chi connectivity index (χ3n) is 3.76. The Balaban J connectivity index is 2.78. The number of amides is 1. The standard InChI is InChI=1S/C17H26N2O4/c1-5-6-7-8-9-18-14(21)10-13-15(17(22)23-4)11(2)16(19-13)12(3)20/h19H,5-10H2,1-4H3,(H,18,21). The lowest BCUT2D eigenvalue weighted by atomic mass is 10.1. The molecule has 0 saturated carbocycles. The summed E-state index contributed by atoms with van der Waals surface area (Å²) in [5.41, 5.74) is 1.57. The number of ether oxygens (including phenoxy) is 1.